The van der Waals surface area contributed by atoms with Crippen LogP contribution in [0, 0.1) is 0 Å². The van der Waals surface area contributed by atoms with Crippen LogP contribution >= 0.6 is 35.0 Å². The number of carbonyl (C=O) groups is 1. The van der Waals surface area contributed by atoms with Crippen molar-refractivity contribution in [2.75, 3.05) is 6.61 Å². The van der Waals surface area contributed by atoms with E-state index in [1.54, 1.807) is 17.0 Å². The second kappa shape index (κ2) is 13.3. The maximum atomic E-state index is 13.8. The quantitative estimate of drug-likeness (QED) is 0.179. The van der Waals surface area contributed by atoms with Gasteiger partial charge in [-0.15, -0.1) is 0 Å². The molecule has 1 fully saturated rings. The second-order valence-electron chi connectivity index (χ2n) is 9.28. The SMILES string of the molecule is CCOc1cc(/C=C2/SC(=Nc3ccccc3)N([C@@H](C)c3ccccc3)C2=O)ccc1OCc1ccc(Cl)c(Cl)c1. The van der Waals surface area contributed by atoms with E-state index in [1.807, 2.05) is 105 Å². The van der Waals surface area contributed by atoms with E-state index >= 15 is 0 Å². The number of ether oxygens (including phenoxy) is 2. The van der Waals surface area contributed by atoms with Crippen molar-refractivity contribution < 1.29 is 14.3 Å². The van der Waals surface area contributed by atoms with Crippen LogP contribution in [-0.2, 0) is 11.4 Å². The summed E-state index contributed by atoms with van der Waals surface area (Å²) in [6, 6.07) is 30.5. The average Bonchev–Trinajstić information content (AvgIpc) is 3.28. The highest BCUT2D eigenvalue weighted by Gasteiger charge is 2.37. The molecule has 0 bridgehead atoms. The normalized spacial score (nSPS) is 15.9. The highest BCUT2D eigenvalue weighted by Crippen LogP contribution is 2.40. The lowest BCUT2D eigenvalue weighted by molar-refractivity contribution is -0.123. The Morgan fingerprint density at radius 1 is 0.878 bits per heavy atom. The number of halogens is 2. The van der Waals surface area contributed by atoms with Crippen LogP contribution in [0.4, 0.5) is 5.69 Å². The van der Waals surface area contributed by atoms with Gasteiger partial charge >= 0.3 is 0 Å². The number of thioether (sulfide) groups is 1. The lowest BCUT2D eigenvalue weighted by Gasteiger charge is -2.24. The molecule has 4 aromatic carbocycles. The van der Waals surface area contributed by atoms with Crippen LogP contribution in [-0.4, -0.2) is 22.6 Å². The summed E-state index contributed by atoms with van der Waals surface area (Å²) in [6.07, 6.45) is 1.87. The van der Waals surface area contributed by atoms with Crippen molar-refractivity contribution in [3.05, 3.63) is 129 Å². The molecule has 0 aromatic heterocycles. The first-order chi connectivity index (χ1) is 19.9. The molecule has 1 saturated heterocycles. The number of benzene rings is 4. The first kappa shape index (κ1) is 28.8. The van der Waals surface area contributed by atoms with Gasteiger partial charge in [-0.2, -0.15) is 0 Å². The molecule has 208 valence electrons. The maximum absolute atomic E-state index is 13.8. The van der Waals surface area contributed by atoms with Crippen molar-refractivity contribution in [1.82, 2.24) is 4.90 Å². The number of rotatable bonds is 9. The minimum atomic E-state index is -0.194. The summed E-state index contributed by atoms with van der Waals surface area (Å²) in [5.41, 5.74) is 3.53. The van der Waals surface area contributed by atoms with Gasteiger partial charge in [-0.3, -0.25) is 9.69 Å². The third-order valence-electron chi connectivity index (χ3n) is 6.43. The van der Waals surface area contributed by atoms with Crippen LogP contribution in [0.1, 0.15) is 36.6 Å². The minimum Gasteiger partial charge on any atom is -0.490 e. The van der Waals surface area contributed by atoms with Gasteiger partial charge in [0.2, 0.25) is 0 Å². The molecule has 0 spiro atoms. The number of hydrogen-bond acceptors (Lipinski definition) is 5. The third kappa shape index (κ3) is 6.96. The van der Waals surface area contributed by atoms with Crippen molar-refractivity contribution in [3.63, 3.8) is 0 Å². The molecule has 1 aliphatic heterocycles. The van der Waals surface area contributed by atoms with Crippen molar-refractivity contribution in [2.24, 2.45) is 4.99 Å². The van der Waals surface area contributed by atoms with Gasteiger partial charge in [0.05, 0.1) is 33.3 Å². The Kier molecular flexibility index (Phi) is 9.35. The lowest BCUT2D eigenvalue weighted by atomic mass is 10.1. The van der Waals surface area contributed by atoms with Crippen LogP contribution in [0.5, 0.6) is 11.5 Å². The van der Waals surface area contributed by atoms with Crippen LogP contribution < -0.4 is 9.47 Å². The zero-order valence-corrected chi connectivity index (χ0v) is 24.9. The first-order valence-electron chi connectivity index (χ1n) is 13.2. The Morgan fingerprint density at radius 3 is 2.32 bits per heavy atom. The fourth-order valence-corrected chi connectivity index (χ4v) is 5.73. The Labute approximate surface area is 254 Å². The van der Waals surface area contributed by atoms with Gasteiger partial charge < -0.3 is 9.47 Å². The Bertz CT molecular complexity index is 1590. The molecule has 1 aliphatic rings. The van der Waals surface area contributed by atoms with Gasteiger partial charge in [0.25, 0.3) is 5.91 Å². The summed E-state index contributed by atoms with van der Waals surface area (Å²) >= 11 is 13.5. The molecule has 0 unspecified atom stereocenters. The van der Waals surface area contributed by atoms with E-state index in [9.17, 15) is 4.79 Å². The predicted molar refractivity (Wildman–Crippen MR) is 169 cm³/mol. The smallest absolute Gasteiger partial charge is 0.267 e. The molecule has 0 aliphatic carbocycles. The fourth-order valence-electron chi connectivity index (χ4n) is 4.34. The second-order valence-corrected chi connectivity index (χ2v) is 11.1. The molecular formula is C33H28Cl2N2O3S. The van der Waals surface area contributed by atoms with Gasteiger partial charge in [0.15, 0.2) is 16.7 Å². The van der Waals surface area contributed by atoms with Crippen LogP contribution in [0.25, 0.3) is 6.08 Å². The van der Waals surface area contributed by atoms with Crippen molar-refractivity contribution in [1.29, 1.82) is 0 Å². The number of para-hydroxylation sites is 1. The molecule has 0 radical (unpaired) electrons. The molecule has 1 atom stereocenters. The number of amidine groups is 1. The predicted octanol–water partition coefficient (Wildman–Crippen LogP) is 9.34. The number of hydrogen-bond donors (Lipinski definition) is 0. The van der Waals surface area contributed by atoms with Crippen LogP contribution in [0.2, 0.25) is 10.0 Å². The zero-order chi connectivity index (χ0) is 28.8. The summed E-state index contributed by atoms with van der Waals surface area (Å²) in [4.78, 5) is 21.0. The molecule has 8 heteroatoms. The number of aliphatic imine (C=N–C) groups is 1. The van der Waals surface area contributed by atoms with E-state index in [4.69, 9.17) is 37.7 Å². The number of amides is 1. The maximum Gasteiger partial charge on any atom is 0.267 e. The van der Waals surface area contributed by atoms with Crippen LogP contribution in [0.15, 0.2) is 107 Å². The van der Waals surface area contributed by atoms with Gasteiger partial charge in [-0.1, -0.05) is 83.9 Å². The van der Waals surface area contributed by atoms with Gasteiger partial charge in [0, 0.05) is 0 Å². The highest BCUT2D eigenvalue weighted by molar-refractivity contribution is 8.18. The summed E-state index contributed by atoms with van der Waals surface area (Å²) in [6.45, 7) is 4.70. The monoisotopic (exact) mass is 602 g/mol. The fraction of sp³-hybridized carbons (Fsp3) is 0.152. The molecule has 5 nitrogen and oxygen atoms in total. The summed E-state index contributed by atoms with van der Waals surface area (Å²) < 4.78 is 11.9. The van der Waals surface area contributed by atoms with E-state index in [0.29, 0.717) is 44.8 Å². The topological polar surface area (TPSA) is 51.1 Å². The number of nitrogens with zero attached hydrogens (tertiary/aromatic N) is 2. The molecular weight excluding hydrogens is 575 g/mol. The zero-order valence-electron chi connectivity index (χ0n) is 22.6. The summed E-state index contributed by atoms with van der Waals surface area (Å²) in [5.74, 6) is 1.08. The van der Waals surface area contributed by atoms with Crippen molar-refractivity contribution >= 4 is 57.8 Å². The third-order valence-corrected chi connectivity index (χ3v) is 8.15. The van der Waals surface area contributed by atoms with E-state index in [0.717, 1.165) is 22.4 Å². The molecule has 0 N–H and O–H groups in total. The first-order valence-corrected chi connectivity index (χ1v) is 14.8. The number of carbonyl (C=O) groups excluding carboxylic acids is 1. The van der Waals surface area contributed by atoms with E-state index in [1.165, 1.54) is 11.8 Å². The molecule has 1 amide bonds. The van der Waals surface area contributed by atoms with E-state index in [-0.39, 0.29) is 11.9 Å². The van der Waals surface area contributed by atoms with E-state index in [2.05, 4.69) is 0 Å². The Morgan fingerprint density at radius 2 is 1.61 bits per heavy atom. The lowest BCUT2D eigenvalue weighted by Crippen LogP contribution is -2.32. The Hall–Kier alpha value is -3.71. The average molecular weight is 604 g/mol. The molecule has 1 heterocycles. The molecule has 4 aromatic rings. The summed E-state index contributed by atoms with van der Waals surface area (Å²) in [7, 11) is 0. The largest absolute Gasteiger partial charge is 0.490 e. The standard InChI is InChI=1S/C33H28Cl2N2O3S/c1-3-39-30-19-23(15-17-29(30)40-21-24-14-16-27(34)28(35)18-24)20-31-32(38)37(22(2)25-10-6-4-7-11-25)33(41-31)36-26-12-8-5-9-13-26/h4-20,22H,3,21H2,1-2H3/b31-20+,36-33?/t22-/m0/s1. The minimum absolute atomic E-state index is 0.0982. The van der Waals surface area contributed by atoms with Gasteiger partial charge in [0.1, 0.15) is 6.61 Å². The van der Waals surface area contributed by atoms with Crippen molar-refractivity contribution in [2.45, 2.75) is 26.5 Å². The molecule has 0 saturated carbocycles. The Balaban J connectivity index is 1.43. The van der Waals surface area contributed by atoms with Crippen LogP contribution in [0.3, 0.4) is 0 Å². The van der Waals surface area contributed by atoms with Crippen molar-refractivity contribution in [3.8, 4) is 11.5 Å². The van der Waals surface area contributed by atoms with Gasteiger partial charge in [-0.25, -0.2) is 4.99 Å². The highest BCUT2D eigenvalue weighted by atomic mass is 35.5. The summed E-state index contributed by atoms with van der Waals surface area (Å²) in [5, 5.41) is 1.61. The van der Waals surface area contributed by atoms with E-state index < -0.39 is 0 Å². The molecule has 41 heavy (non-hydrogen) atoms. The van der Waals surface area contributed by atoms with Gasteiger partial charge in [-0.05, 0) is 84.8 Å². The molecule has 5 rings (SSSR count).